The van der Waals surface area contributed by atoms with Gasteiger partial charge in [-0.25, -0.2) is 5.43 Å². The van der Waals surface area contributed by atoms with Crippen molar-refractivity contribution in [1.82, 2.24) is 15.2 Å². The summed E-state index contributed by atoms with van der Waals surface area (Å²) in [6.07, 6.45) is 1.34. The normalized spacial score (nSPS) is 11.0. The SMILES string of the molecule is Cc1cc([N+](=O)[O-])nn1Cc1ccc(C(=O)N/N=C/c2ccc(-c3ccc([N+](=O)[O-])cc3)o2)cc1. The summed E-state index contributed by atoms with van der Waals surface area (Å²) in [5, 5.41) is 29.5. The van der Waals surface area contributed by atoms with Crippen molar-refractivity contribution in [1.29, 1.82) is 0 Å². The van der Waals surface area contributed by atoms with Gasteiger partial charge in [-0.1, -0.05) is 12.1 Å². The van der Waals surface area contributed by atoms with Crippen molar-refractivity contribution in [2.45, 2.75) is 13.5 Å². The van der Waals surface area contributed by atoms with Crippen molar-refractivity contribution in [3.63, 3.8) is 0 Å². The molecule has 0 bridgehead atoms. The molecule has 0 saturated carbocycles. The zero-order chi connectivity index (χ0) is 24.9. The lowest BCUT2D eigenvalue weighted by Crippen LogP contribution is -2.17. The number of amides is 1. The first kappa shape index (κ1) is 23.0. The Labute approximate surface area is 197 Å². The largest absolute Gasteiger partial charge is 0.455 e. The summed E-state index contributed by atoms with van der Waals surface area (Å²) in [5.41, 5.74) is 4.91. The van der Waals surface area contributed by atoms with Gasteiger partial charge in [0.1, 0.15) is 11.5 Å². The number of hydrogen-bond donors (Lipinski definition) is 1. The highest BCUT2D eigenvalue weighted by Gasteiger charge is 2.15. The van der Waals surface area contributed by atoms with Gasteiger partial charge in [-0.05, 0) is 53.8 Å². The highest BCUT2D eigenvalue weighted by molar-refractivity contribution is 5.94. The van der Waals surface area contributed by atoms with Gasteiger partial charge in [-0.2, -0.15) is 9.78 Å². The second kappa shape index (κ2) is 9.79. The number of nitro benzene ring substituents is 1. The molecule has 2 heterocycles. The van der Waals surface area contributed by atoms with E-state index in [1.54, 1.807) is 55.5 Å². The van der Waals surface area contributed by atoms with E-state index in [9.17, 15) is 25.0 Å². The van der Waals surface area contributed by atoms with Crippen molar-refractivity contribution in [2.75, 3.05) is 0 Å². The van der Waals surface area contributed by atoms with Crippen LogP contribution in [0.1, 0.15) is 27.4 Å². The van der Waals surface area contributed by atoms with Crippen LogP contribution in [0.3, 0.4) is 0 Å². The molecule has 0 fully saturated rings. The minimum Gasteiger partial charge on any atom is -0.455 e. The Morgan fingerprint density at radius 2 is 1.77 bits per heavy atom. The Morgan fingerprint density at radius 1 is 1.06 bits per heavy atom. The fraction of sp³-hybridized carbons (Fsp3) is 0.0870. The second-order valence-corrected chi connectivity index (χ2v) is 7.46. The van der Waals surface area contributed by atoms with Crippen LogP contribution >= 0.6 is 0 Å². The number of aryl methyl sites for hydroxylation is 1. The number of hydrazone groups is 1. The third-order valence-corrected chi connectivity index (χ3v) is 5.05. The minimum atomic E-state index is -0.545. The molecule has 4 rings (SSSR count). The maximum absolute atomic E-state index is 12.3. The molecule has 4 aromatic rings. The Kier molecular flexibility index (Phi) is 6.44. The first-order valence-electron chi connectivity index (χ1n) is 10.3. The molecule has 2 aromatic heterocycles. The van der Waals surface area contributed by atoms with Gasteiger partial charge < -0.3 is 14.5 Å². The number of non-ortho nitro benzene ring substituents is 1. The van der Waals surface area contributed by atoms with Gasteiger partial charge in [0.25, 0.3) is 11.6 Å². The molecule has 176 valence electrons. The molecule has 0 atom stereocenters. The van der Waals surface area contributed by atoms with E-state index in [2.05, 4.69) is 15.6 Å². The number of carbonyl (C=O) groups excluding carboxylic acids is 1. The van der Waals surface area contributed by atoms with E-state index in [-0.39, 0.29) is 11.5 Å². The molecule has 35 heavy (non-hydrogen) atoms. The van der Waals surface area contributed by atoms with E-state index in [0.717, 1.165) is 5.56 Å². The molecule has 0 saturated heterocycles. The quantitative estimate of drug-likeness (QED) is 0.229. The van der Waals surface area contributed by atoms with E-state index in [4.69, 9.17) is 4.42 Å². The third kappa shape index (κ3) is 5.45. The fourth-order valence-corrected chi connectivity index (χ4v) is 3.22. The van der Waals surface area contributed by atoms with E-state index >= 15 is 0 Å². The molecule has 0 aliphatic rings. The van der Waals surface area contributed by atoms with Gasteiger partial charge in [-0.3, -0.25) is 14.9 Å². The first-order chi connectivity index (χ1) is 16.8. The summed E-state index contributed by atoms with van der Waals surface area (Å²) in [7, 11) is 0. The van der Waals surface area contributed by atoms with Crippen molar-refractivity contribution >= 4 is 23.6 Å². The monoisotopic (exact) mass is 474 g/mol. The van der Waals surface area contributed by atoms with Gasteiger partial charge in [-0.15, -0.1) is 0 Å². The lowest BCUT2D eigenvalue weighted by Gasteiger charge is -2.03. The number of hydrogen-bond acceptors (Lipinski definition) is 8. The number of benzene rings is 2. The third-order valence-electron chi connectivity index (χ3n) is 5.05. The molecule has 0 aliphatic carbocycles. The van der Waals surface area contributed by atoms with Crippen molar-refractivity contribution < 1.29 is 19.1 Å². The predicted molar refractivity (Wildman–Crippen MR) is 125 cm³/mol. The van der Waals surface area contributed by atoms with Gasteiger partial charge >= 0.3 is 5.82 Å². The molecule has 12 heteroatoms. The summed E-state index contributed by atoms with van der Waals surface area (Å²) >= 11 is 0. The Bertz CT molecular complexity index is 1420. The Morgan fingerprint density at radius 3 is 2.40 bits per heavy atom. The zero-order valence-electron chi connectivity index (χ0n) is 18.3. The molecule has 1 amide bonds. The molecule has 2 aromatic carbocycles. The average molecular weight is 474 g/mol. The maximum atomic E-state index is 12.3. The highest BCUT2D eigenvalue weighted by atomic mass is 16.6. The summed E-state index contributed by atoms with van der Waals surface area (Å²) < 4.78 is 7.15. The summed E-state index contributed by atoms with van der Waals surface area (Å²) in [6, 6.07) is 17.4. The predicted octanol–water partition coefficient (Wildman–Crippen LogP) is 4.08. The lowest BCUT2D eigenvalue weighted by atomic mass is 10.1. The number of furan rings is 1. The van der Waals surface area contributed by atoms with E-state index in [1.807, 2.05) is 0 Å². The number of aromatic nitrogens is 2. The highest BCUT2D eigenvalue weighted by Crippen LogP contribution is 2.24. The molecular weight excluding hydrogens is 456 g/mol. The van der Waals surface area contributed by atoms with Gasteiger partial charge in [0.05, 0.1) is 34.5 Å². The van der Waals surface area contributed by atoms with Crippen LogP contribution in [-0.4, -0.2) is 31.7 Å². The van der Waals surface area contributed by atoms with Crippen LogP contribution in [-0.2, 0) is 6.54 Å². The van der Waals surface area contributed by atoms with Crippen molar-refractivity contribution in [3.05, 3.63) is 110 Å². The maximum Gasteiger partial charge on any atom is 0.390 e. The molecule has 1 N–H and O–H groups in total. The number of nitrogens with zero attached hydrogens (tertiary/aromatic N) is 5. The second-order valence-electron chi connectivity index (χ2n) is 7.46. The number of nitro groups is 2. The van der Waals surface area contributed by atoms with Crippen molar-refractivity contribution in [2.24, 2.45) is 5.10 Å². The average Bonchev–Trinajstić information content (AvgIpc) is 3.46. The molecule has 12 nitrogen and oxygen atoms in total. The molecule has 0 spiro atoms. The van der Waals surface area contributed by atoms with Gasteiger partial charge in [0, 0.05) is 23.3 Å². The summed E-state index contributed by atoms with van der Waals surface area (Å²) in [6.45, 7) is 2.06. The molecule has 0 unspecified atom stereocenters. The first-order valence-corrected chi connectivity index (χ1v) is 10.3. The van der Waals surface area contributed by atoms with Crippen LogP contribution < -0.4 is 5.43 Å². The van der Waals surface area contributed by atoms with E-state index < -0.39 is 15.8 Å². The van der Waals surface area contributed by atoms with E-state index in [0.29, 0.717) is 34.9 Å². The standard InChI is InChI=1S/C23H18N6O6/c1-15-12-22(29(33)34)26-27(15)14-16-2-4-18(5-3-16)23(30)25-24-13-20-10-11-21(35-20)17-6-8-19(9-7-17)28(31)32/h2-13H,14H2,1H3,(H,25,30)/b24-13+. The Balaban J connectivity index is 1.34. The number of nitrogens with one attached hydrogen (secondary N) is 1. The number of carbonyl (C=O) groups is 1. The van der Waals surface area contributed by atoms with Gasteiger partial charge in [0.15, 0.2) is 0 Å². The van der Waals surface area contributed by atoms with E-state index in [1.165, 1.54) is 29.1 Å². The van der Waals surface area contributed by atoms with Crippen LogP contribution in [0.25, 0.3) is 11.3 Å². The molecule has 0 radical (unpaired) electrons. The van der Waals surface area contributed by atoms with Crippen LogP contribution in [0.15, 0.2) is 76.2 Å². The zero-order valence-corrected chi connectivity index (χ0v) is 18.3. The summed E-state index contributed by atoms with van der Waals surface area (Å²) in [5.74, 6) is 0.243. The fourth-order valence-electron chi connectivity index (χ4n) is 3.22. The lowest BCUT2D eigenvalue weighted by molar-refractivity contribution is -0.389. The Hall–Kier alpha value is -5.13. The summed E-state index contributed by atoms with van der Waals surface area (Å²) in [4.78, 5) is 32.9. The molecular formula is C23H18N6O6. The topological polar surface area (TPSA) is 159 Å². The minimum absolute atomic E-state index is 0.0155. The molecule has 0 aliphatic heterocycles. The van der Waals surface area contributed by atoms with Crippen LogP contribution in [0.5, 0.6) is 0 Å². The van der Waals surface area contributed by atoms with Crippen molar-refractivity contribution in [3.8, 4) is 11.3 Å². The van der Waals surface area contributed by atoms with Crippen LogP contribution in [0.2, 0.25) is 0 Å². The number of rotatable bonds is 8. The van der Waals surface area contributed by atoms with Gasteiger partial charge in [0.2, 0.25) is 0 Å². The van der Waals surface area contributed by atoms with Crippen LogP contribution in [0, 0.1) is 27.2 Å². The smallest absolute Gasteiger partial charge is 0.390 e. The van der Waals surface area contributed by atoms with Crippen LogP contribution in [0.4, 0.5) is 11.5 Å².